The predicted octanol–water partition coefficient (Wildman–Crippen LogP) is 2.74. The van der Waals surface area contributed by atoms with Gasteiger partial charge in [-0.1, -0.05) is 29.3 Å². The average molecular weight is 316 g/mol. The molecule has 2 N–H and O–H groups in total. The summed E-state index contributed by atoms with van der Waals surface area (Å²) in [7, 11) is 0. The van der Waals surface area contributed by atoms with Crippen molar-refractivity contribution in [3.63, 3.8) is 0 Å². The summed E-state index contributed by atoms with van der Waals surface area (Å²) in [6.45, 7) is 3.33. The molecule has 0 aromatic heterocycles. The summed E-state index contributed by atoms with van der Waals surface area (Å²) in [6.07, 6.45) is 1.94. The minimum atomic E-state index is -0.208. The molecule has 0 saturated heterocycles. The normalized spacial score (nSPS) is 10.3. The standard InChI is InChI=1S/C13H18BrNO3/c1-2-3-7-15(8-6-14)13(18)11-5-4-10(16)9-12(11)17/h4-5,9,16-17H,2-3,6-8H2,1H3. The van der Waals surface area contributed by atoms with Crippen LogP contribution in [0, 0.1) is 0 Å². The van der Waals surface area contributed by atoms with Crippen molar-refractivity contribution in [1.82, 2.24) is 4.90 Å². The monoisotopic (exact) mass is 315 g/mol. The predicted molar refractivity (Wildman–Crippen MR) is 74.4 cm³/mol. The van der Waals surface area contributed by atoms with Crippen molar-refractivity contribution in [1.29, 1.82) is 0 Å². The molecule has 1 aromatic carbocycles. The molecule has 4 nitrogen and oxygen atoms in total. The number of rotatable bonds is 6. The molecule has 0 unspecified atom stereocenters. The van der Waals surface area contributed by atoms with Crippen LogP contribution < -0.4 is 0 Å². The number of hydrogen-bond donors (Lipinski definition) is 2. The molecule has 0 aliphatic rings. The first-order chi connectivity index (χ1) is 8.60. The van der Waals surface area contributed by atoms with Crippen LogP contribution in [0.15, 0.2) is 18.2 Å². The highest BCUT2D eigenvalue weighted by Crippen LogP contribution is 2.24. The Bertz CT molecular complexity index is 409. The topological polar surface area (TPSA) is 60.8 Å². The highest BCUT2D eigenvalue weighted by Gasteiger charge is 2.18. The number of halogens is 1. The van der Waals surface area contributed by atoms with Gasteiger partial charge in [-0.25, -0.2) is 0 Å². The molecule has 0 aliphatic heterocycles. The Morgan fingerprint density at radius 3 is 2.61 bits per heavy atom. The van der Waals surface area contributed by atoms with E-state index in [0.717, 1.165) is 12.8 Å². The van der Waals surface area contributed by atoms with Gasteiger partial charge >= 0.3 is 0 Å². The lowest BCUT2D eigenvalue weighted by Gasteiger charge is -2.22. The second kappa shape index (κ2) is 7.26. The first-order valence-electron chi connectivity index (χ1n) is 5.97. The van der Waals surface area contributed by atoms with Crippen LogP contribution in [0.25, 0.3) is 0 Å². The Morgan fingerprint density at radius 2 is 2.06 bits per heavy atom. The van der Waals surface area contributed by atoms with Gasteiger partial charge in [0.05, 0.1) is 5.56 Å². The van der Waals surface area contributed by atoms with E-state index in [9.17, 15) is 15.0 Å². The summed E-state index contributed by atoms with van der Waals surface area (Å²) in [5, 5.41) is 19.6. The van der Waals surface area contributed by atoms with Gasteiger partial charge in [-0.05, 0) is 18.6 Å². The minimum Gasteiger partial charge on any atom is -0.508 e. The summed E-state index contributed by atoms with van der Waals surface area (Å²) >= 11 is 3.32. The lowest BCUT2D eigenvalue weighted by atomic mass is 10.1. The first-order valence-corrected chi connectivity index (χ1v) is 7.09. The fourth-order valence-electron chi connectivity index (χ4n) is 1.64. The number of benzene rings is 1. The molecule has 0 saturated carbocycles. The second-order valence-corrected chi connectivity index (χ2v) is 4.83. The largest absolute Gasteiger partial charge is 0.508 e. The number of amides is 1. The Kier molecular flexibility index (Phi) is 5.98. The molecular weight excluding hydrogens is 298 g/mol. The fourth-order valence-corrected chi connectivity index (χ4v) is 2.07. The smallest absolute Gasteiger partial charge is 0.257 e. The summed E-state index contributed by atoms with van der Waals surface area (Å²) in [4.78, 5) is 13.9. The first kappa shape index (κ1) is 14.8. The van der Waals surface area contributed by atoms with Crippen LogP contribution in [0.2, 0.25) is 0 Å². The molecule has 100 valence electrons. The third-order valence-electron chi connectivity index (χ3n) is 2.63. The zero-order valence-electron chi connectivity index (χ0n) is 10.4. The number of hydrogen-bond acceptors (Lipinski definition) is 3. The lowest BCUT2D eigenvalue weighted by Crippen LogP contribution is -2.33. The highest BCUT2D eigenvalue weighted by atomic mass is 79.9. The number of carbonyl (C=O) groups excluding carboxylic acids is 1. The van der Waals surface area contributed by atoms with E-state index in [1.807, 2.05) is 0 Å². The van der Waals surface area contributed by atoms with E-state index in [1.54, 1.807) is 4.90 Å². The molecule has 5 heteroatoms. The number of alkyl halides is 1. The number of phenols is 2. The average Bonchev–Trinajstić information content (AvgIpc) is 2.33. The van der Waals surface area contributed by atoms with Gasteiger partial charge in [0.1, 0.15) is 11.5 Å². The van der Waals surface area contributed by atoms with E-state index in [0.29, 0.717) is 18.4 Å². The van der Waals surface area contributed by atoms with Crippen LogP contribution >= 0.6 is 15.9 Å². The van der Waals surface area contributed by atoms with Crippen molar-refractivity contribution in [3.05, 3.63) is 23.8 Å². The van der Waals surface area contributed by atoms with Crippen molar-refractivity contribution in [2.24, 2.45) is 0 Å². The lowest BCUT2D eigenvalue weighted by molar-refractivity contribution is 0.0761. The summed E-state index contributed by atoms with van der Waals surface area (Å²) < 4.78 is 0. The van der Waals surface area contributed by atoms with Crippen LogP contribution in [-0.2, 0) is 0 Å². The van der Waals surface area contributed by atoms with Crippen LogP contribution in [0.1, 0.15) is 30.1 Å². The van der Waals surface area contributed by atoms with E-state index in [2.05, 4.69) is 22.9 Å². The highest BCUT2D eigenvalue weighted by molar-refractivity contribution is 9.09. The van der Waals surface area contributed by atoms with Crippen molar-refractivity contribution >= 4 is 21.8 Å². The Labute approximate surface area is 115 Å². The fraction of sp³-hybridized carbons (Fsp3) is 0.462. The number of unbranched alkanes of at least 4 members (excludes halogenated alkanes) is 1. The third kappa shape index (κ3) is 3.91. The van der Waals surface area contributed by atoms with Gasteiger partial charge < -0.3 is 15.1 Å². The van der Waals surface area contributed by atoms with E-state index in [4.69, 9.17) is 0 Å². The zero-order chi connectivity index (χ0) is 13.5. The third-order valence-corrected chi connectivity index (χ3v) is 2.99. The molecule has 1 amide bonds. The Morgan fingerprint density at radius 1 is 1.33 bits per heavy atom. The van der Waals surface area contributed by atoms with Gasteiger partial charge in [-0.3, -0.25) is 4.79 Å². The molecule has 0 bridgehead atoms. The SMILES string of the molecule is CCCCN(CCBr)C(=O)c1ccc(O)cc1O. The molecule has 0 fully saturated rings. The van der Waals surface area contributed by atoms with Crippen LogP contribution in [0.5, 0.6) is 11.5 Å². The van der Waals surface area contributed by atoms with Gasteiger partial charge in [-0.2, -0.15) is 0 Å². The zero-order valence-corrected chi connectivity index (χ0v) is 12.0. The number of aromatic hydroxyl groups is 2. The van der Waals surface area contributed by atoms with Crippen LogP contribution in [0.3, 0.4) is 0 Å². The van der Waals surface area contributed by atoms with Gasteiger partial charge in [0.25, 0.3) is 5.91 Å². The maximum Gasteiger partial charge on any atom is 0.257 e. The number of carbonyl (C=O) groups is 1. The van der Waals surface area contributed by atoms with Crippen LogP contribution in [-0.4, -0.2) is 39.4 Å². The molecule has 0 radical (unpaired) electrons. The molecule has 0 atom stereocenters. The maximum atomic E-state index is 12.2. The van der Waals surface area contributed by atoms with Gasteiger partial charge in [-0.15, -0.1) is 0 Å². The van der Waals surface area contributed by atoms with Crippen LogP contribution in [0.4, 0.5) is 0 Å². The van der Waals surface area contributed by atoms with E-state index >= 15 is 0 Å². The number of nitrogens with zero attached hydrogens (tertiary/aromatic N) is 1. The maximum absolute atomic E-state index is 12.2. The Hall–Kier alpha value is -1.23. The van der Waals surface area contributed by atoms with Gasteiger partial charge in [0.2, 0.25) is 0 Å². The summed E-state index contributed by atoms with van der Waals surface area (Å²) in [5.41, 5.74) is 0.227. The van der Waals surface area contributed by atoms with Crippen molar-refractivity contribution in [3.8, 4) is 11.5 Å². The molecule has 18 heavy (non-hydrogen) atoms. The number of phenolic OH excluding ortho intramolecular Hbond substituents is 2. The molecule has 0 spiro atoms. The molecule has 0 aliphatic carbocycles. The van der Waals surface area contributed by atoms with E-state index in [-0.39, 0.29) is 23.0 Å². The molecular formula is C13H18BrNO3. The summed E-state index contributed by atoms with van der Waals surface area (Å²) in [6, 6.07) is 4.03. The molecule has 1 rings (SSSR count). The summed E-state index contributed by atoms with van der Waals surface area (Å²) in [5.74, 6) is -0.443. The minimum absolute atomic E-state index is 0.0513. The van der Waals surface area contributed by atoms with Crippen molar-refractivity contribution in [2.45, 2.75) is 19.8 Å². The van der Waals surface area contributed by atoms with Crippen molar-refractivity contribution in [2.75, 3.05) is 18.4 Å². The van der Waals surface area contributed by atoms with E-state index < -0.39 is 0 Å². The Balaban J connectivity index is 2.87. The second-order valence-electron chi connectivity index (χ2n) is 4.04. The van der Waals surface area contributed by atoms with Gasteiger partial charge in [0, 0.05) is 24.5 Å². The quantitative estimate of drug-likeness (QED) is 0.793. The van der Waals surface area contributed by atoms with E-state index in [1.165, 1.54) is 18.2 Å². The molecule has 1 aromatic rings. The van der Waals surface area contributed by atoms with Crippen molar-refractivity contribution < 1.29 is 15.0 Å². The molecule has 0 heterocycles. The van der Waals surface area contributed by atoms with Gasteiger partial charge in [0.15, 0.2) is 0 Å².